The highest BCUT2D eigenvalue weighted by atomic mass is 32.2. The van der Waals surface area contributed by atoms with Crippen LogP contribution in [0.3, 0.4) is 0 Å². The van der Waals surface area contributed by atoms with Crippen LogP contribution in [0.4, 0.5) is 0 Å². The summed E-state index contributed by atoms with van der Waals surface area (Å²) in [5.74, 6) is 1.27. The number of aromatic nitrogens is 4. The lowest BCUT2D eigenvalue weighted by atomic mass is 10.2. The van der Waals surface area contributed by atoms with Gasteiger partial charge in [0.1, 0.15) is 15.6 Å². The molecule has 4 rings (SSSR count). The van der Waals surface area contributed by atoms with Crippen LogP contribution in [0.15, 0.2) is 53.4 Å². The van der Waals surface area contributed by atoms with Gasteiger partial charge in [-0.3, -0.25) is 0 Å². The Balaban J connectivity index is 0.000000261. The van der Waals surface area contributed by atoms with Crippen LogP contribution in [0.25, 0.3) is 22.3 Å². The van der Waals surface area contributed by atoms with E-state index in [1.54, 1.807) is 12.1 Å². The molecule has 2 heterocycles. The maximum absolute atomic E-state index is 10.4. The number of para-hydroxylation sites is 2. The van der Waals surface area contributed by atoms with Crippen LogP contribution >= 0.6 is 0 Å². The molecule has 0 saturated carbocycles. The topological polar surface area (TPSA) is 91.8 Å². The molecular weight excluding hydrogens is 460 g/mol. The standard InChI is InChI=1S/C20H29N4.C7H8O3S/c1-6-10-14(3)23-16(5)24(15(4)11-7-2)20-19(23)21-17-12-8-9-13-18(17)22-20;1-6-2-4-7(5-3-6)11(8,9)10/h8-9,12-15H,6-7,10-11H2,1-5H3;2-5H,1H3,(H,8,9,10)/q+1;/p-1. The number of hydrogen-bond donors (Lipinski definition) is 0. The van der Waals surface area contributed by atoms with Gasteiger partial charge >= 0.3 is 5.65 Å². The molecule has 2 atom stereocenters. The number of benzene rings is 2. The van der Waals surface area contributed by atoms with Crippen molar-refractivity contribution >= 4 is 32.4 Å². The van der Waals surface area contributed by atoms with Crippen molar-refractivity contribution < 1.29 is 17.5 Å². The lowest BCUT2D eigenvalue weighted by molar-refractivity contribution is -0.704. The third-order valence-corrected chi connectivity index (χ3v) is 7.14. The van der Waals surface area contributed by atoms with Crippen LogP contribution in [0, 0.1) is 13.8 Å². The summed E-state index contributed by atoms with van der Waals surface area (Å²) >= 11 is 0. The van der Waals surface area contributed by atoms with Gasteiger partial charge < -0.3 is 4.55 Å². The highest BCUT2D eigenvalue weighted by molar-refractivity contribution is 7.85. The number of nitrogens with zero attached hydrogens (tertiary/aromatic N) is 4. The van der Waals surface area contributed by atoms with E-state index in [1.807, 2.05) is 19.1 Å². The molecule has 0 N–H and O–H groups in total. The molecule has 2 aromatic carbocycles. The van der Waals surface area contributed by atoms with Gasteiger partial charge in [-0.25, -0.2) is 22.5 Å². The predicted octanol–water partition coefficient (Wildman–Crippen LogP) is 5.80. The zero-order valence-electron chi connectivity index (χ0n) is 21.5. The van der Waals surface area contributed by atoms with Gasteiger partial charge in [-0.1, -0.05) is 61.5 Å². The minimum absolute atomic E-state index is 0.178. The minimum atomic E-state index is -4.27. The number of aryl methyl sites for hydroxylation is 1. The molecule has 0 aliphatic heterocycles. The summed E-state index contributed by atoms with van der Waals surface area (Å²) in [5, 5.41) is 0. The zero-order chi connectivity index (χ0) is 25.8. The number of rotatable bonds is 7. The van der Waals surface area contributed by atoms with Crippen molar-refractivity contribution in [1.82, 2.24) is 14.5 Å². The fourth-order valence-corrected chi connectivity index (χ4v) is 5.05. The molecule has 35 heavy (non-hydrogen) atoms. The Bertz CT molecular complexity index is 1330. The van der Waals surface area contributed by atoms with E-state index in [2.05, 4.69) is 55.9 Å². The highest BCUT2D eigenvalue weighted by Gasteiger charge is 2.29. The first-order valence-corrected chi connectivity index (χ1v) is 13.7. The van der Waals surface area contributed by atoms with Gasteiger partial charge in [0.2, 0.25) is 5.82 Å². The van der Waals surface area contributed by atoms with Gasteiger partial charge in [-0.15, -0.1) is 0 Å². The Morgan fingerprint density at radius 2 is 1.49 bits per heavy atom. The number of imidazole rings is 1. The van der Waals surface area contributed by atoms with Crippen LogP contribution in [0.5, 0.6) is 0 Å². The molecule has 8 heteroatoms. The van der Waals surface area contributed by atoms with Crippen LogP contribution in [-0.2, 0) is 10.1 Å². The van der Waals surface area contributed by atoms with Crippen molar-refractivity contribution in [3.63, 3.8) is 0 Å². The van der Waals surface area contributed by atoms with Gasteiger partial charge in [0.15, 0.2) is 5.52 Å². The summed E-state index contributed by atoms with van der Waals surface area (Å²) < 4.78 is 36.0. The van der Waals surface area contributed by atoms with E-state index in [1.165, 1.54) is 30.8 Å². The molecule has 0 bridgehead atoms. The third kappa shape index (κ3) is 6.05. The molecule has 0 saturated heterocycles. The Morgan fingerprint density at radius 1 is 0.914 bits per heavy atom. The third-order valence-electron chi connectivity index (χ3n) is 6.29. The molecule has 4 aromatic rings. The Labute approximate surface area is 208 Å². The van der Waals surface area contributed by atoms with Crippen molar-refractivity contribution in [3.05, 3.63) is 59.9 Å². The SMILES string of the molecule is CCCC(C)n1c(C)[n+](C(C)CCC)c2nc3ccccc3nc21.Cc1ccc(S(=O)(=O)[O-])cc1. The summed E-state index contributed by atoms with van der Waals surface area (Å²) in [6.07, 6.45) is 4.65. The van der Waals surface area contributed by atoms with E-state index in [4.69, 9.17) is 9.97 Å². The average Bonchev–Trinajstić information content (AvgIpc) is 3.08. The Kier molecular flexibility index (Phi) is 8.61. The van der Waals surface area contributed by atoms with E-state index in [0.717, 1.165) is 40.7 Å². The second-order valence-electron chi connectivity index (χ2n) is 9.19. The van der Waals surface area contributed by atoms with Crippen LogP contribution in [-0.4, -0.2) is 27.5 Å². The number of hydrogen-bond acceptors (Lipinski definition) is 5. The molecule has 2 unspecified atom stereocenters. The quantitative estimate of drug-likeness (QED) is 0.238. The summed E-state index contributed by atoms with van der Waals surface area (Å²) in [5.41, 5.74) is 4.92. The maximum Gasteiger partial charge on any atom is 0.323 e. The van der Waals surface area contributed by atoms with Crippen molar-refractivity contribution in [3.8, 4) is 0 Å². The van der Waals surface area contributed by atoms with E-state index in [0.29, 0.717) is 12.1 Å². The molecule has 2 aromatic heterocycles. The first-order valence-electron chi connectivity index (χ1n) is 12.3. The molecule has 0 fully saturated rings. The first-order chi connectivity index (χ1) is 16.6. The van der Waals surface area contributed by atoms with Crippen molar-refractivity contribution in [2.45, 2.75) is 84.2 Å². The Hall–Kier alpha value is -2.84. The fraction of sp³-hybridized carbons (Fsp3) is 0.444. The normalized spacial score (nSPS) is 13.5. The van der Waals surface area contributed by atoms with Crippen LogP contribution < -0.4 is 4.57 Å². The molecule has 0 aliphatic carbocycles. The first kappa shape index (κ1) is 26.8. The summed E-state index contributed by atoms with van der Waals surface area (Å²) in [6.45, 7) is 13.1. The molecule has 0 spiro atoms. The van der Waals surface area contributed by atoms with E-state index < -0.39 is 10.1 Å². The average molecular weight is 497 g/mol. The van der Waals surface area contributed by atoms with Crippen LogP contribution in [0.1, 0.15) is 76.8 Å². The van der Waals surface area contributed by atoms with Crippen molar-refractivity contribution in [2.75, 3.05) is 0 Å². The molecule has 0 aliphatic rings. The molecule has 188 valence electrons. The van der Waals surface area contributed by atoms with Gasteiger partial charge in [-0.2, -0.15) is 0 Å². The van der Waals surface area contributed by atoms with E-state index in [9.17, 15) is 13.0 Å². The smallest absolute Gasteiger partial charge is 0.323 e. The molecule has 0 radical (unpaired) electrons. The highest BCUT2D eigenvalue weighted by Crippen LogP contribution is 2.24. The van der Waals surface area contributed by atoms with Crippen molar-refractivity contribution in [2.24, 2.45) is 0 Å². The predicted molar refractivity (Wildman–Crippen MR) is 138 cm³/mol. The van der Waals surface area contributed by atoms with E-state index >= 15 is 0 Å². The fourth-order valence-electron chi connectivity index (χ4n) is 4.58. The maximum atomic E-state index is 10.4. The van der Waals surface area contributed by atoms with Gasteiger partial charge in [0.25, 0.3) is 5.65 Å². The zero-order valence-corrected chi connectivity index (χ0v) is 22.3. The minimum Gasteiger partial charge on any atom is -0.744 e. The van der Waals surface area contributed by atoms with Gasteiger partial charge in [0.05, 0.1) is 17.0 Å². The largest absolute Gasteiger partial charge is 0.744 e. The summed E-state index contributed by atoms with van der Waals surface area (Å²) in [7, 11) is -4.27. The number of fused-ring (bicyclic) bond motifs is 2. The van der Waals surface area contributed by atoms with E-state index in [-0.39, 0.29) is 4.90 Å². The second-order valence-corrected chi connectivity index (χ2v) is 10.6. The van der Waals surface area contributed by atoms with Crippen molar-refractivity contribution in [1.29, 1.82) is 0 Å². The Morgan fingerprint density at radius 3 is 2.03 bits per heavy atom. The summed E-state index contributed by atoms with van der Waals surface area (Å²) in [4.78, 5) is 9.79. The lowest BCUT2D eigenvalue weighted by Crippen LogP contribution is -2.41. The summed E-state index contributed by atoms with van der Waals surface area (Å²) in [6, 6.07) is 14.8. The van der Waals surface area contributed by atoms with Gasteiger partial charge in [0, 0.05) is 6.92 Å². The van der Waals surface area contributed by atoms with Gasteiger partial charge in [-0.05, 0) is 57.9 Å². The lowest BCUT2D eigenvalue weighted by Gasteiger charge is -2.13. The molecule has 7 nitrogen and oxygen atoms in total. The second kappa shape index (κ2) is 11.3. The molecule has 0 amide bonds. The van der Waals surface area contributed by atoms with Crippen LogP contribution in [0.2, 0.25) is 0 Å². The molecular formula is C27H36N4O3S. The monoisotopic (exact) mass is 496 g/mol.